The zero-order chi connectivity index (χ0) is 14.2. The highest BCUT2D eigenvalue weighted by molar-refractivity contribution is 7.13. The van der Waals surface area contributed by atoms with Gasteiger partial charge in [0.15, 0.2) is 5.13 Å². The van der Waals surface area contributed by atoms with E-state index in [4.69, 9.17) is 10.2 Å². The summed E-state index contributed by atoms with van der Waals surface area (Å²) in [5.41, 5.74) is 9.45. The van der Waals surface area contributed by atoms with Crippen LogP contribution in [0.5, 0.6) is 0 Å². The van der Waals surface area contributed by atoms with E-state index in [0.717, 1.165) is 33.2 Å². The number of aromatic nitrogens is 1. The quantitative estimate of drug-likeness (QED) is 0.577. The van der Waals surface area contributed by atoms with Gasteiger partial charge in [-0.1, -0.05) is 30.3 Å². The molecule has 102 valence electrons. The number of para-hydroxylation sites is 1. The number of nitrogen functional groups attached to an aromatic ring is 1. The second-order valence-corrected chi connectivity index (χ2v) is 5.69. The Morgan fingerprint density at radius 1 is 1.00 bits per heavy atom. The zero-order valence-electron chi connectivity index (χ0n) is 11.1. The highest BCUT2D eigenvalue weighted by Crippen LogP contribution is 2.29. The van der Waals surface area contributed by atoms with Gasteiger partial charge in [0.25, 0.3) is 0 Å². The van der Waals surface area contributed by atoms with E-state index >= 15 is 0 Å². The average molecular weight is 292 g/mol. The van der Waals surface area contributed by atoms with E-state index in [0.29, 0.717) is 5.13 Å². The van der Waals surface area contributed by atoms with E-state index < -0.39 is 0 Å². The minimum absolute atomic E-state index is 0.589. The van der Waals surface area contributed by atoms with Gasteiger partial charge < -0.3 is 10.2 Å². The van der Waals surface area contributed by atoms with Crippen LogP contribution in [0.3, 0.4) is 0 Å². The van der Waals surface area contributed by atoms with Gasteiger partial charge >= 0.3 is 0 Å². The van der Waals surface area contributed by atoms with Crippen molar-refractivity contribution in [2.75, 3.05) is 5.73 Å². The molecular formula is C17H12N2OS. The van der Waals surface area contributed by atoms with Crippen LogP contribution in [0.1, 0.15) is 11.3 Å². The van der Waals surface area contributed by atoms with E-state index in [1.54, 1.807) is 0 Å². The summed E-state index contributed by atoms with van der Waals surface area (Å²) in [5, 5.41) is 4.80. The molecule has 0 atom stereocenters. The van der Waals surface area contributed by atoms with Gasteiger partial charge in [-0.15, -0.1) is 11.3 Å². The average Bonchev–Trinajstić information content (AvgIpc) is 3.08. The summed E-state index contributed by atoms with van der Waals surface area (Å²) < 4.78 is 5.82. The number of thiazole rings is 1. The Kier molecular flexibility index (Phi) is 2.75. The first kappa shape index (κ1) is 12.2. The molecule has 4 aromatic rings. The normalized spacial score (nSPS) is 11.8. The topological polar surface area (TPSA) is 52.0 Å². The number of nitrogens with zero attached hydrogens (tertiary/aromatic N) is 1. The van der Waals surface area contributed by atoms with Crippen molar-refractivity contribution < 1.29 is 4.42 Å². The molecule has 0 unspecified atom stereocenters. The lowest BCUT2D eigenvalue weighted by molar-refractivity contribution is 0.669. The second-order valence-electron chi connectivity index (χ2n) is 4.80. The smallest absolute Gasteiger partial charge is 0.180 e. The molecule has 0 bridgehead atoms. The van der Waals surface area contributed by atoms with Crippen molar-refractivity contribution in [1.82, 2.24) is 4.98 Å². The first-order valence-corrected chi connectivity index (χ1v) is 7.48. The van der Waals surface area contributed by atoms with Gasteiger partial charge in [-0.05, 0) is 29.8 Å². The minimum Gasteiger partial charge on any atom is -0.456 e. The minimum atomic E-state index is 0.589. The fraction of sp³-hybridized carbons (Fsp3) is 0. The summed E-state index contributed by atoms with van der Waals surface area (Å²) in [6.45, 7) is 0. The number of hydrogen-bond donors (Lipinski definition) is 1. The maximum atomic E-state index is 5.82. The Hall–Kier alpha value is -2.59. The standard InChI is InChI=1S/C17H12N2OS/c18-17-19-12(10-21-17)7-5-11-6-8-16-14(9-11)13-3-1-2-4-15(13)20-16/h1-10H,(H2,18,19). The number of rotatable bonds is 2. The summed E-state index contributed by atoms with van der Waals surface area (Å²) >= 11 is 1.45. The number of nitrogens with two attached hydrogens (primary N) is 1. The highest BCUT2D eigenvalue weighted by atomic mass is 32.1. The molecule has 3 nitrogen and oxygen atoms in total. The fourth-order valence-corrected chi connectivity index (χ4v) is 2.94. The summed E-state index contributed by atoms with van der Waals surface area (Å²) in [4.78, 5) is 4.22. The van der Waals surface area contributed by atoms with Crippen molar-refractivity contribution in [3.8, 4) is 0 Å². The Morgan fingerprint density at radius 2 is 1.86 bits per heavy atom. The molecule has 0 saturated carbocycles. The number of hydrogen-bond acceptors (Lipinski definition) is 4. The summed E-state index contributed by atoms with van der Waals surface area (Å²) in [7, 11) is 0. The maximum absolute atomic E-state index is 5.82. The third-order valence-electron chi connectivity index (χ3n) is 3.39. The van der Waals surface area contributed by atoms with Crippen LogP contribution in [-0.2, 0) is 0 Å². The first-order chi connectivity index (χ1) is 10.3. The molecule has 0 aliphatic heterocycles. The van der Waals surface area contributed by atoms with Gasteiger partial charge in [-0.25, -0.2) is 4.98 Å². The zero-order valence-corrected chi connectivity index (χ0v) is 11.9. The van der Waals surface area contributed by atoms with E-state index in [2.05, 4.69) is 17.1 Å². The van der Waals surface area contributed by atoms with Crippen molar-refractivity contribution >= 4 is 50.6 Å². The van der Waals surface area contributed by atoms with Gasteiger partial charge in [-0.2, -0.15) is 0 Å². The molecule has 0 aliphatic rings. The van der Waals surface area contributed by atoms with Crippen LogP contribution in [0.15, 0.2) is 52.3 Å². The number of furan rings is 1. The molecule has 21 heavy (non-hydrogen) atoms. The Bertz CT molecular complexity index is 965. The first-order valence-electron chi connectivity index (χ1n) is 6.60. The molecular weight excluding hydrogens is 280 g/mol. The lowest BCUT2D eigenvalue weighted by Gasteiger charge is -1.94. The molecule has 0 fully saturated rings. The van der Waals surface area contributed by atoms with Crippen LogP contribution in [0.25, 0.3) is 34.1 Å². The predicted molar refractivity (Wildman–Crippen MR) is 89.2 cm³/mol. The third kappa shape index (κ3) is 2.19. The lowest BCUT2D eigenvalue weighted by atomic mass is 10.1. The Balaban J connectivity index is 1.79. The molecule has 0 amide bonds. The van der Waals surface area contributed by atoms with Crippen molar-refractivity contribution in [3.05, 3.63) is 59.1 Å². The van der Waals surface area contributed by atoms with Crippen LogP contribution in [0.4, 0.5) is 5.13 Å². The number of benzene rings is 2. The van der Waals surface area contributed by atoms with E-state index in [9.17, 15) is 0 Å². The molecule has 4 heteroatoms. The van der Waals surface area contributed by atoms with Crippen molar-refractivity contribution in [2.45, 2.75) is 0 Å². The molecule has 2 heterocycles. The van der Waals surface area contributed by atoms with Crippen LogP contribution in [0.2, 0.25) is 0 Å². The second kappa shape index (κ2) is 4.75. The van der Waals surface area contributed by atoms with Crippen LogP contribution in [-0.4, -0.2) is 4.98 Å². The predicted octanol–water partition coefficient (Wildman–Crippen LogP) is 4.80. The van der Waals surface area contributed by atoms with Gasteiger partial charge in [0, 0.05) is 16.2 Å². The number of anilines is 1. The Morgan fingerprint density at radius 3 is 2.71 bits per heavy atom. The molecule has 0 aliphatic carbocycles. The molecule has 2 aromatic heterocycles. The van der Waals surface area contributed by atoms with Crippen molar-refractivity contribution in [3.63, 3.8) is 0 Å². The summed E-state index contributed by atoms with van der Waals surface area (Å²) in [5.74, 6) is 0. The highest BCUT2D eigenvalue weighted by Gasteiger charge is 2.05. The SMILES string of the molecule is Nc1nc(C=Cc2ccc3oc4ccccc4c3c2)cs1. The van der Waals surface area contributed by atoms with Gasteiger partial charge in [0.2, 0.25) is 0 Å². The molecule has 0 spiro atoms. The van der Waals surface area contributed by atoms with E-state index in [1.165, 1.54) is 11.3 Å². The molecule has 2 aromatic carbocycles. The van der Waals surface area contributed by atoms with Gasteiger partial charge in [0.1, 0.15) is 11.2 Å². The fourth-order valence-electron chi connectivity index (χ4n) is 2.41. The third-order valence-corrected chi connectivity index (χ3v) is 4.08. The maximum Gasteiger partial charge on any atom is 0.180 e. The van der Waals surface area contributed by atoms with E-state index in [-0.39, 0.29) is 0 Å². The van der Waals surface area contributed by atoms with E-state index in [1.807, 2.05) is 47.9 Å². The van der Waals surface area contributed by atoms with Crippen molar-refractivity contribution in [2.24, 2.45) is 0 Å². The Labute approximate surface area is 125 Å². The van der Waals surface area contributed by atoms with Crippen LogP contribution in [0, 0.1) is 0 Å². The summed E-state index contributed by atoms with van der Waals surface area (Å²) in [6.07, 6.45) is 4.01. The van der Waals surface area contributed by atoms with Crippen LogP contribution >= 0.6 is 11.3 Å². The summed E-state index contributed by atoms with van der Waals surface area (Å²) in [6, 6.07) is 14.3. The van der Waals surface area contributed by atoms with Crippen LogP contribution < -0.4 is 5.73 Å². The largest absolute Gasteiger partial charge is 0.456 e. The number of fused-ring (bicyclic) bond motifs is 3. The monoisotopic (exact) mass is 292 g/mol. The molecule has 2 N–H and O–H groups in total. The molecule has 4 rings (SSSR count). The molecule has 0 saturated heterocycles. The van der Waals surface area contributed by atoms with Gasteiger partial charge in [-0.3, -0.25) is 0 Å². The lowest BCUT2D eigenvalue weighted by Crippen LogP contribution is -1.81. The van der Waals surface area contributed by atoms with Crippen molar-refractivity contribution in [1.29, 1.82) is 0 Å². The molecule has 0 radical (unpaired) electrons. The van der Waals surface area contributed by atoms with Gasteiger partial charge in [0.05, 0.1) is 5.69 Å².